The summed E-state index contributed by atoms with van der Waals surface area (Å²) in [6.07, 6.45) is 7.49. The summed E-state index contributed by atoms with van der Waals surface area (Å²) in [4.78, 5) is 14.7. The molecule has 160 valence electrons. The minimum Gasteiger partial charge on any atom is -0.338 e. The predicted molar refractivity (Wildman–Crippen MR) is 119 cm³/mol. The quantitative estimate of drug-likeness (QED) is 0.402. The number of halogens is 4. The summed E-state index contributed by atoms with van der Waals surface area (Å²) < 4.78 is 43.5. The van der Waals surface area contributed by atoms with E-state index in [4.69, 9.17) is 0 Å². The summed E-state index contributed by atoms with van der Waals surface area (Å²) in [5, 5.41) is 0. The van der Waals surface area contributed by atoms with Crippen molar-refractivity contribution in [2.45, 2.75) is 44.9 Å². The van der Waals surface area contributed by atoms with Crippen LogP contribution in [0.25, 0.3) is 0 Å². The first-order valence-corrected chi connectivity index (χ1v) is 11.7. The highest BCUT2D eigenvalue weighted by molar-refractivity contribution is 14.1. The van der Waals surface area contributed by atoms with Crippen LogP contribution in [0.3, 0.4) is 0 Å². The number of benzene rings is 2. The highest BCUT2D eigenvalue weighted by Gasteiger charge is 2.33. The molecular formula is C24H25F3INO. The van der Waals surface area contributed by atoms with E-state index in [0.717, 1.165) is 18.4 Å². The van der Waals surface area contributed by atoms with Crippen LogP contribution in [0.2, 0.25) is 0 Å². The van der Waals surface area contributed by atoms with Gasteiger partial charge in [0.2, 0.25) is 0 Å². The second-order valence-electron chi connectivity index (χ2n) is 8.60. The van der Waals surface area contributed by atoms with Gasteiger partial charge in [0.1, 0.15) is 5.82 Å². The average molecular weight is 527 g/mol. The third kappa shape index (κ3) is 4.68. The summed E-state index contributed by atoms with van der Waals surface area (Å²) >= 11 is 1.99. The first-order chi connectivity index (χ1) is 14.4. The van der Waals surface area contributed by atoms with E-state index in [2.05, 4.69) is 0 Å². The summed E-state index contributed by atoms with van der Waals surface area (Å²) in [5.41, 5.74) is 0.294. The van der Waals surface area contributed by atoms with Crippen LogP contribution in [0.15, 0.2) is 30.3 Å². The molecule has 0 N–H and O–H groups in total. The zero-order chi connectivity index (χ0) is 21.3. The van der Waals surface area contributed by atoms with Crippen molar-refractivity contribution in [2.75, 3.05) is 13.1 Å². The van der Waals surface area contributed by atoms with E-state index in [1.54, 1.807) is 17.0 Å². The molecule has 0 bridgehead atoms. The lowest BCUT2D eigenvalue weighted by atomic mass is 9.88. The minimum absolute atomic E-state index is 0.0745. The molecule has 2 nitrogen and oxygen atoms in total. The highest BCUT2D eigenvalue weighted by atomic mass is 127. The fourth-order valence-electron chi connectivity index (χ4n) is 4.68. The molecule has 0 atom stereocenters. The lowest BCUT2D eigenvalue weighted by molar-refractivity contribution is 0.0472. The van der Waals surface area contributed by atoms with Crippen LogP contribution < -0.4 is 0 Å². The van der Waals surface area contributed by atoms with E-state index < -0.39 is 17.5 Å². The highest BCUT2D eigenvalue weighted by Crippen LogP contribution is 2.33. The first kappa shape index (κ1) is 21.7. The Morgan fingerprint density at radius 1 is 0.967 bits per heavy atom. The normalized spacial score (nSPS) is 17.4. The smallest absolute Gasteiger partial charge is 0.254 e. The van der Waals surface area contributed by atoms with Gasteiger partial charge in [-0.25, -0.2) is 13.2 Å². The molecule has 2 aromatic rings. The van der Waals surface area contributed by atoms with Gasteiger partial charge in [0.05, 0.1) is 0 Å². The third-order valence-electron chi connectivity index (χ3n) is 6.51. The number of carbonyl (C=O) groups is 1. The molecule has 2 aromatic carbocycles. The van der Waals surface area contributed by atoms with Gasteiger partial charge in [-0.15, -0.1) is 0 Å². The average Bonchev–Trinajstić information content (AvgIpc) is 3.19. The van der Waals surface area contributed by atoms with E-state index >= 15 is 0 Å². The van der Waals surface area contributed by atoms with E-state index in [0.29, 0.717) is 22.6 Å². The van der Waals surface area contributed by atoms with E-state index in [-0.39, 0.29) is 29.0 Å². The van der Waals surface area contributed by atoms with Crippen LogP contribution in [0, 0.1) is 32.9 Å². The number of hydrogen-bond donors (Lipinski definition) is 0. The van der Waals surface area contributed by atoms with Crippen LogP contribution >= 0.6 is 22.6 Å². The van der Waals surface area contributed by atoms with Gasteiger partial charge in [-0.05, 0) is 70.7 Å². The molecule has 2 aliphatic rings. The van der Waals surface area contributed by atoms with Crippen molar-refractivity contribution in [3.8, 4) is 0 Å². The second-order valence-corrected chi connectivity index (χ2v) is 9.85. The summed E-state index contributed by atoms with van der Waals surface area (Å²) in [6.45, 7) is 1.31. The van der Waals surface area contributed by atoms with Crippen LogP contribution in [0.5, 0.6) is 0 Å². The molecule has 30 heavy (non-hydrogen) atoms. The van der Waals surface area contributed by atoms with Gasteiger partial charge in [-0.3, -0.25) is 4.79 Å². The Hall–Kier alpha value is -1.57. The number of rotatable bonds is 6. The molecule has 1 aliphatic heterocycles. The van der Waals surface area contributed by atoms with Crippen molar-refractivity contribution in [2.24, 2.45) is 11.8 Å². The number of carbonyl (C=O) groups excluding carboxylic acids is 1. The molecule has 2 fully saturated rings. The fraction of sp³-hybridized carbons (Fsp3) is 0.458. The summed E-state index contributed by atoms with van der Waals surface area (Å²) in [5.74, 6) is -1.57. The van der Waals surface area contributed by atoms with Crippen LogP contribution in [0.1, 0.15) is 60.0 Å². The monoisotopic (exact) mass is 527 g/mol. The van der Waals surface area contributed by atoms with Crippen LogP contribution in [-0.2, 0) is 6.42 Å². The lowest BCUT2D eigenvalue weighted by Crippen LogP contribution is -2.50. The summed E-state index contributed by atoms with van der Waals surface area (Å²) in [7, 11) is 0. The van der Waals surface area contributed by atoms with Crippen LogP contribution in [0.4, 0.5) is 13.2 Å². The van der Waals surface area contributed by atoms with E-state index in [9.17, 15) is 18.0 Å². The maximum atomic E-state index is 14.6. The fourth-order valence-corrected chi connectivity index (χ4v) is 5.13. The van der Waals surface area contributed by atoms with Crippen LogP contribution in [-0.4, -0.2) is 23.9 Å². The Bertz CT molecular complexity index is 936. The Kier molecular flexibility index (Phi) is 6.70. The maximum absolute atomic E-state index is 14.6. The Morgan fingerprint density at radius 2 is 1.67 bits per heavy atom. The van der Waals surface area contributed by atoms with E-state index in [1.165, 1.54) is 44.2 Å². The SMILES string of the molecule is O=C(c1ccc(F)c(F)c1Cc1ccc(I)cc1F)N1CC(CCC2CCCC2)C1. The largest absolute Gasteiger partial charge is 0.338 e. The number of likely N-dealkylation sites (tertiary alicyclic amines) is 1. The zero-order valence-corrected chi connectivity index (χ0v) is 18.9. The molecule has 0 spiro atoms. The third-order valence-corrected chi connectivity index (χ3v) is 7.18. The van der Waals surface area contributed by atoms with Crippen molar-refractivity contribution < 1.29 is 18.0 Å². The van der Waals surface area contributed by atoms with Gasteiger partial charge in [0.15, 0.2) is 11.6 Å². The molecule has 1 saturated heterocycles. The Labute approximate surface area is 189 Å². The van der Waals surface area contributed by atoms with Crippen molar-refractivity contribution >= 4 is 28.5 Å². The molecule has 0 unspecified atom stereocenters. The predicted octanol–water partition coefficient (Wildman–Crippen LogP) is 6.34. The molecule has 0 radical (unpaired) electrons. The zero-order valence-electron chi connectivity index (χ0n) is 16.8. The van der Waals surface area contributed by atoms with E-state index in [1.807, 2.05) is 22.6 Å². The maximum Gasteiger partial charge on any atom is 0.254 e. The number of nitrogens with zero attached hydrogens (tertiary/aromatic N) is 1. The molecule has 6 heteroatoms. The molecule has 4 rings (SSSR count). The molecular weight excluding hydrogens is 502 g/mol. The minimum atomic E-state index is -1.07. The van der Waals surface area contributed by atoms with Gasteiger partial charge in [-0.2, -0.15) is 0 Å². The van der Waals surface area contributed by atoms with Gasteiger partial charge < -0.3 is 4.90 Å². The van der Waals surface area contributed by atoms with Gasteiger partial charge in [0, 0.05) is 34.2 Å². The Balaban J connectivity index is 1.46. The topological polar surface area (TPSA) is 20.3 Å². The molecule has 1 heterocycles. The van der Waals surface area contributed by atoms with Crippen molar-refractivity contribution in [1.29, 1.82) is 0 Å². The molecule has 1 amide bonds. The van der Waals surface area contributed by atoms with Gasteiger partial charge in [-0.1, -0.05) is 38.2 Å². The number of amides is 1. The van der Waals surface area contributed by atoms with Crippen molar-refractivity contribution in [3.63, 3.8) is 0 Å². The molecule has 1 aliphatic carbocycles. The Morgan fingerprint density at radius 3 is 2.37 bits per heavy atom. The summed E-state index contributed by atoms with van der Waals surface area (Å²) in [6, 6.07) is 6.92. The molecule has 1 saturated carbocycles. The first-order valence-electron chi connectivity index (χ1n) is 10.6. The van der Waals surface area contributed by atoms with Crippen molar-refractivity contribution in [3.05, 3.63) is 68.0 Å². The van der Waals surface area contributed by atoms with Gasteiger partial charge >= 0.3 is 0 Å². The molecule has 0 aromatic heterocycles. The second kappa shape index (κ2) is 9.28. The lowest BCUT2D eigenvalue weighted by Gasteiger charge is -2.40. The standard InChI is InChI=1S/C24H25F3INO/c25-21-10-9-19(20(23(21)27)11-17-7-8-18(28)12-22(17)26)24(30)29-13-16(14-29)6-5-15-3-1-2-4-15/h7-10,12,15-16H,1-6,11,13-14H2. The van der Waals surface area contributed by atoms with Crippen molar-refractivity contribution in [1.82, 2.24) is 4.90 Å². The van der Waals surface area contributed by atoms with Gasteiger partial charge in [0.25, 0.3) is 5.91 Å². The number of hydrogen-bond acceptors (Lipinski definition) is 1.